The highest BCUT2D eigenvalue weighted by Crippen LogP contribution is 2.57. The Kier molecular flexibility index (Phi) is 2.64. The van der Waals surface area contributed by atoms with Crippen molar-refractivity contribution in [2.75, 3.05) is 5.73 Å². The van der Waals surface area contributed by atoms with Crippen molar-refractivity contribution in [3.05, 3.63) is 23.4 Å². The molecule has 88 valence electrons. The van der Waals surface area contributed by atoms with Crippen LogP contribution in [0.1, 0.15) is 37.4 Å². The zero-order valence-corrected chi connectivity index (χ0v) is 10.1. The van der Waals surface area contributed by atoms with Gasteiger partial charge in [0.25, 0.3) is 0 Å². The molecule has 0 aliphatic heterocycles. The van der Waals surface area contributed by atoms with Gasteiger partial charge in [-0.25, -0.2) is 4.98 Å². The molecule has 1 aliphatic rings. The zero-order valence-electron chi connectivity index (χ0n) is 10.1. The number of nitrogen functional groups attached to an aromatic ring is 1. The molecule has 2 atom stereocenters. The highest BCUT2D eigenvalue weighted by molar-refractivity contribution is 5.44. The van der Waals surface area contributed by atoms with Gasteiger partial charge in [0.1, 0.15) is 5.82 Å². The van der Waals surface area contributed by atoms with Crippen molar-refractivity contribution >= 4 is 5.82 Å². The molecule has 1 heterocycles. The second kappa shape index (κ2) is 3.71. The first kappa shape index (κ1) is 11.4. The molecule has 0 amide bonds. The molecule has 2 unspecified atom stereocenters. The van der Waals surface area contributed by atoms with Gasteiger partial charge in [0, 0.05) is 11.8 Å². The summed E-state index contributed by atoms with van der Waals surface area (Å²) in [6.07, 6.45) is 2.96. The van der Waals surface area contributed by atoms with E-state index in [0.717, 1.165) is 11.1 Å². The van der Waals surface area contributed by atoms with E-state index in [4.69, 9.17) is 11.6 Å². The minimum atomic E-state index is 0.113. The number of pyridine rings is 1. The van der Waals surface area contributed by atoms with Gasteiger partial charge in [-0.3, -0.25) is 11.3 Å². The van der Waals surface area contributed by atoms with Gasteiger partial charge >= 0.3 is 0 Å². The molecule has 16 heavy (non-hydrogen) atoms. The lowest BCUT2D eigenvalue weighted by Crippen LogP contribution is -2.31. The third-order valence-corrected chi connectivity index (χ3v) is 3.59. The number of nitrogens with two attached hydrogens (primary N) is 2. The third kappa shape index (κ3) is 1.90. The van der Waals surface area contributed by atoms with E-state index in [1.807, 2.05) is 6.92 Å². The lowest BCUT2D eigenvalue weighted by molar-refractivity contribution is 0.423. The van der Waals surface area contributed by atoms with E-state index in [1.54, 1.807) is 6.20 Å². The van der Waals surface area contributed by atoms with Crippen molar-refractivity contribution in [2.45, 2.75) is 33.2 Å². The number of hydrogen-bond donors (Lipinski definition) is 3. The first-order valence-electron chi connectivity index (χ1n) is 5.64. The number of nitrogens with zero attached hydrogens (tertiary/aromatic N) is 1. The van der Waals surface area contributed by atoms with Crippen molar-refractivity contribution in [2.24, 2.45) is 17.2 Å². The van der Waals surface area contributed by atoms with E-state index in [2.05, 4.69) is 30.3 Å². The molecule has 1 aromatic heterocycles. The van der Waals surface area contributed by atoms with Gasteiger partial charge in [-0.05, 0) is 36.3 Å². The Balaban J connectivity index is 2.30. The van der Waals surface area contributed by atoms with Crippen molar-refractivity contribution in [1.29, 1.82) is 0 Å². The van der Waals surface area contributed by atoms with Crippen LogP contribution in [0.2, 0.25) is 0 Å². The molecule has 5 N–H and O–H groups in total. The minimum Gasteiger partial charge on any atom is -0.383 e. The molecule has 0 bridgehead atoms. The number of hydrogen-bond acceptors (Lipinski definition) is 4. The first-order chi connectivity index (χ1) is 7.45. The van der Waals surface area contributed by atoms with Gasteiger partial charge < -0.3 is 5.73 Å². The lowest BCUT2D eigenvalue weighted by atomic mass is 9.97. The van der Waals surface area contributed by atoms with E-state index in [9.17, 15) is 0 Å². The summed E-state index contributed by atoms with van der Waals surface area (Å²) in [7, 11) is 0. The quantitative estimate of drug-likeness (QED) is 0.533. The van der Waals surface area contributed by atoms with Gasteiger partial charge in [-0.2, -0.15) is 0 Å². The highest BCUT2D eigenvalue weighted by atomic mass is 15.2. The van der Waals surface area contributed by atoms with E-state index in [1.165, 1.54) is 6.42 Å². The molecular weight excluding hydrogens is 200 g/mol. The Morgan fingerprint density at radius 1 is 1.56 bits per heavy atom. The topological polar surface area (TPSA) is 77.0 Å². The van der Waals surface area contributed by atoms with Crippen LogP contribution < -0.4 is 17.0 Å². The average molecular weight is 220 g/mol. The van der Waals surface area contributed by atoms with Crippen LogP contribution in [0.15, 0.2) is 12.3 Å². The maximum atomic E-state index is 5.91. The van der Waals surface area contributed by atoms with Gasteiger partial charge in [0.15, 0.2) is 0 Å². The SMILES string of the molecule is Cc1cnc(N)c(C(NN)C2CC2(C)C)c1. The molecule has 4 nitrogen and oxygen atoms in total. The van der Waals surface area contributed by atoms with E-state index < -0.39 is 0 Å². The number of aryl methyl sites for hydroxylation is 1. The lowest BCUT2D eigenvalue weighted by Gasteiger charge is -2.19. The largest absolute Gasteiger partial charge is 0.383 e. The summed E-state index contributed by atoms with van der Waals surface area (Å²) < 4.78 is 0. The summed E-state index contributed by atoms with van der Waals surface area (Å²) in [5.74, 6) is 6.78. The third-order valence-electron chi connectivity index (χ3n) is 3.59. The van der Waals surface area contributed by atoms with E-state index in [0.29, 0.717) is 17.2 Å². The van der Waals surface area contributed by atoms with Crippen LogP contribution in [-0.2, 0) is 0 Å². The summed E-state index contributed by atoms with van der Waals surface area (Å²) in [5.41, 5.74) is 11.3. The summed E-state index contributed by atoms with van der Waals surface area (Å²) in [6.45, 7) is 6.52. The summed E-state index contributed by atoms with van der Waals surface area (Å²) in [6, 6.07) is 2.18. The normalized spacial score (nSPS) is 24.1. The Hall–Kier alpha value is -1.13. The predicted molar refractivity (Wildman–Crippen MR) is 65.3 cm³/mol. The summed E-state index contributed by atoms with van der Waals surface area (Å²) >= 11 is 0. The first-order valence-corrected chi connectivity index (χ1v) is 5.64. The minimum absolute atomic E-state index is 0.113. The Morgan fingerprint density at radius 2 is 2.19 bits per heavy atom. The maximum absolute atomic E-state index is 5.91. The highest BCUT2D eigenvalue weighted by Gasteiger charge is 2.50. The Labute approximate surface area is 96.4 Å². The smallest absolute Gasteiger partial charge is 0.128 e. The van der Waals surface area contributed by atoms with Gasteiger partial charge in [0.2, 0.25) is 0 Å². The average Bonchev–Trinajstić information content (AvgIpc) is 2.82. The number of hydrazine groups is 1. The van der Waals surface area contributed by atoms with Crippen LogP contribution in [-0.4, -0.2) is 4.98 Å². The number of anilines is 1. The fraction of sp³-hybridized carbons (Fsp3) is 0.583. The standard InChI is InChI=1S/C12H20N4/c1-7-4-8(11(13)15-6-7)10(16-14)9-5-12(9,2)3/h4,6,9-10,16H,5,14H2,1-3H3,(H2,13,15). The van der Waals surface area contributed by atoms with Crippen molar-refractivity contribution in [3.8, 4) is 0 Å². The maximum Gasteiger partial charge on any atom is 0.128 e. The molecule has 1 saturated carbocycles. The van der Waals surface area contributed by atoms with Crippen molar-refractivity contribution in [3.63, 3.8) is 0 Å². The fourth-order valence-electron chi connectivity index (χ4n) is 2.35. The zero-order chi connectivity index (χ0) is 11.9. The van der Waals surface area contributed by atoms with Crippen LogP contribution in [0.25, 0.3) is 0 Å². The predicted octanol–water partition coefficient (Wildman–Crippen LogP) is 1.52. The second-order valence-corrected chi connectivity index (χ2v) is 5.43. The molecule has 4 heteroatoms. The van der Waals surface area contributed by atoms with Gasteiger partial charge in [-0.1, -0.05) is 13.8 Å². The molecule has 2 rings (SSSR count). The molecule has 1 aromatic rings. The molecule has 0 aromatic carbocycles. The Morgan fingerprint density at radius 3 is 2.69 bits per heavy atom. The van der Waals surface area contributed by atoms with Gasteiger partial charge in [-0.15, -0.1) is 0 Å². The van der Waals surface area contributed by atoms with Crippen LogP contribution in [0.5, 0.6) is 0 Å². The summed E-state index contributed by atoms with van der Waals surface area (Å²) in [5, 5.41) is 0. The monoisotopic (exact) mass is 220 g/mol. The van der Waals surface area contributed by atoms with Gasteiger partial charge in [0.05, 0.1) is 6.04 Å². The number of rotatable bonds is 3. The van der Waals surface area contributed by atoms with Crippen LogP contribution in [0.3, 0.4) is 0 Å². The molecule has 0 radical (unpaired) electrons. The molecule has 0 saturated heterocycles. The fourth-order valence-corrected chi connectivity index (χ4v) is 2.35. The molecule has 0 spiro atoms. The van der Waals surface area contributed by atoms with Crippen LogP contribution >= 0.6 is 0 Å². The summed E-state index contributed by atoms with van der Waals surface area (Å²) in [4.78, 5) is 4.19. The molecule has 1 fully saturated rings. The number of aromatic nitrogens is 1. The second-order valence-electron chi connectivity index (χ2n) is 5.43. The van der Waals surface area contributed by atoms with E-state index >= 15 is 0 Å². The Bertz CT molecular complexity index is 400. The number of nitrogens with one attached hydrogen (secondary N) is 1. The molecular formula is C12H20N4. The van der Waals surface area contributed by atoms with Crippen LogP contribution in [0, 0.1) is 18.3 Å². The van der Waals surface area contributed by atoms with Crippen molar-refractivity contribution < 1.29 is 0 Å². The van der Waals surface area contributed by atoms with Crippen LogP contribution in [0.4, 0.5) is 5.82 Å². The van der Waals surface area contributed by atoms with Crippen molar-refractivity contribution in [1.82, 2.24) is 10.4 Å². The molecule has 1 aliphatic carbocycles. The van der Waals surface area contributed by atoms with E-state index in [-0.39, 0.29) is 6.04 Å².